The van der Waals surface area contributed by atoms with Gasteiger partial charge in [0, 0.05) is 0 Å². The van der Waals surface area contributed by atoms with Crippen molar-refractivity contribution in [1.82, 2.24) is 0 Å². The number of nitro groups is 1. The topological polar surface area (TPSA) is 61.6 Å². The summed E-state index contributed by atoms with van der Waals surface area (Å²) in [6.07, 6.45) is 0. The number of benzene rings is 1. The van der Waals surface area contributed by atoms with E-state index in [1.807, 2.05) is 0 Å². The number of hydrogen-bond donors (Lipinski definition) is 0. The van der Waals surface area contributed by atoms with Crippen molar-refractivity contribution in [3.05, 3.63) is 22.2 Å². The zero-order valence-electron chi connectivity index (χ0n) is 6.44. The number of hydrogen-bond acceptors (Lipinski definition) is 4. The van der Waals surface area contributed by atoms with Crippen molar-refractivity contribution in [2.75, 3.05) is 6.79 Å². The molecule has 13 heavy (non-hydrogen) atoms. The second-order valence-corrected chi connectivity index (χ2v) is 4.02. The summed E-state index contributed by atoms with van der Waals surface area (Å²) in [5.74, 6) is 1.05. The first-order valence-corrected chi connectivity index (χ1v) is 4.91. The van der Waals surface area contributed by atoms with Crippen LogP contribution in [-0.2, 0) is 0 Å². The molecule has 0 amide bonds. The van der Waals surface area contributed by atoms with Gasteiger partial charge in [0.05, 0.1) is 0 Å². The molecular weight excluding hydrogens is 281 g/mol. The van der Waals surface area contributed by atoms with Crippen molar-refractivity contribution in [3.8, 4) is 11.5 Å². The minimum absolute atomic E-state index is 0.0995. The van der Waals surface area contributed by atoms with E-state index in [1.165, 1.54) is 6.07 Å². The second-order valence-electron chi connectivity index (χ2n) is 2.48. The van der Waals surface area contributed by atoms with Crippen molar-refractivity contribution in [1.29, 1.82) is 0 Å². The van der Waals surface area contributed by atoms with Gasteiger partial charge in [0.25, 0.3) is 0 Å². The maximum absolute atomic E-state index is 10.5. The van der Waals surface area contributed by atoms with Crippen LogP contribution < -0.4 is 13.1 Å². The van der Waals surface area contributed by atoms with Gasteiger partial charge < -0.3 is 0 Å². The molecule has 0 aliphatic carbocycles. The van der Waals surface area contributed by atoms with Crippen molar-refractivity contribution < 1.29 is 14.4 Å². The molecule has 0 atom stereocenters. The molecule has 65 valence electrons. The molecule has 0 unspecified atom stereocenters. The third kappa shape index (κ3) is 1.43. The van der Waals surface area contributed by atoms with Gasteiger partial charge in [-0.15, -0.1) is 0 Å². The first-order chi connectivity index (χ1) is 6.18. The monoisotopic (exact) mass is 286 g/mol. The van der Waals surface area contributed by atoms with Gasteiger partial charge in [0.2, 0.25) is 0 Å². The minimum atomic E-state index is -0.411. The molecule has 0 N–H and O–H groups in total. The van der Waals surface area contributed by atoms with E-state index < -0.39 is 4.92 Å². The predicted molar refractivity (Wildman–Crippen MR) is 44.6 cm³/mol. The van der Waals surface area contributed by atoms with Crippen LogP contribution in [0.15, 0.2) is 12.1 Å². The first kappa shape index (κ1) is 8.61. The summed E-state index contributed by atoms with van der Waals surface area (Å²) >= 11 is 0.992. The normalized spacial score (nSPS) is 13.0. The van der Waals surface area contributed by atoms with Crippen LogP contribution in [0.2, 0.25) is 0 Å². The third-order valence-electron chi connectivity index (χ3n) is 1.69. The Kier molecular flexibility index (Phi) is 2.03. The Morgan fingerprint density at radius 1 is 1.38 bits per heavy atom. The molecule has 3 radical (unpaired) electrons. The summed E-state index contributed by atoms with van der Waals surface area (Å²) < 4.78 is 10.8. The Balaban J connectivity index is 2.55. The van der Waals surface area contributed by atoms with E-state index in [4.69, 9.17) is 9.47 Å². The molecule has 0 saturated heterocycles. The third-order valence-corrected chi connectivity index (χ3v) is 2.83. The predicted octanol–water partition coefficient (Wildman–Crippen LogP) is 0.117. The second kappa shape index (κ2) is 3.06. The molecule has 1 aromatic carbocycles. The van der Waals surface area contributed by atoms with E-state index in [9.17, 15) is 10.1 Å². The van der Waals surface area contributed by atoms with Gasteiger partial charge in [-0.1, -0.05) is 0 Å². The Bertz CT molecular complexity index is 379. The molecular formula is C7H4NO4Sn. The van der Waals surface area contributed by atoms with Crippen LogP contribution >= 0.6 is 0 Å². The van der Waals surface area contributed by atoms with Crippen molar-refractivity contribution in [2.24, 2.45) is 0 Å². The van der Waals surface area contributed by atoms with Gasteiger partial charge >= 0.3 is 86.7 Å². The van der Waals surface area contributed by atoms with Gasteiger partial charge in [-0.2, -0.15) is 0 Å². The quantitative estimate of drug-likeness (QED) is 0.417. The Labute approximate surface area is 86.9 Å². The molecule has 6 heteroatoms. The summed E-state index contributed by atoms with van der Waals surface area (Å²) in [7, 11) is 0. The number of nitro benzene ring substituents is 1. The average molecular weight is 285 g/mol. The molecule has 0 spiro atoms. The van der Waals surface area contributed by atoms with E-state index >= 15 is 0 Å². The molecule has 1 aliphatic rings. The SMILES string of the molecule is O=[N+]([O-])c1cc2c(c[c]1[Sn])OCO2. The van der Waals surface area contributed by atoms with Gasteiger partial charge in [-0.25, -0.2) is 0 Å². The summed E-state index contributed by atoms with van der Waals surface area (Å²) in [6.45, 7) is 0.145. The van der Waals surface area contributed by atoms with Crippen LogP contribution in [0, 0.1) is 10.1 Å². The molecule has 2 rings (SSSR count). The molecule has 0 aromatic heterocycles. The number of fused-ring (bicyclic) bond motifs is 1. The van der Waals surface area contributed by atoms with Crippen LogP contribution in [0.25, 0.3) is 0 Å². The summed E-state index contributed by atoms with van der Waals surface area (Å²) in [5.41, 5.74) is 0.0995. The van der Waals surface area contributed by atoms with Gasteiger partial charge in [0.15, 0.2) is 0 Å². The van der Waals surface area contributed by atoms with Gasteiger partial charge in [0.1, 0.15) is 0 Å². The molecule has 1 heterocycles. The van der Waals surface area contributed by atoms with Crippen LogP contribution in [0.4, 0.5) is 5.69 Å². The van der Waals surface area contributed by atoms with Crippen LogP contribution in [0.5, 0.6) is 11.5 Å². The fourth-order valence-corrected chi connectivity index (χ4v) is 1.92. The number of nitrogens with zero attached hydrogens (tertiary/aromatic N) is 1. The van der Waals surface area contributed by atoms with E-state index in [0.717, 1.165) is 22.5 Å². The van der Waals surface area contributed by atoms with E-state index in [0.29, 0.717) is 15.1 Å². The number of ether oxygens (including phenoxy) is 2. The fraction of sp³-hybridized carbons (Fsp3) is 0.143. The molecule has 5 nitrogen and oxygen atoms in total. The summed E-state index contributed by atoms with van der Waals surface area (Å²) in [6, 6.07) is 3.06. The van der Waals surface area contributed by atoms with Gasteiger partial charge in [-0.3, -0.25) is 0 Å². The molecule has 0 saturated carbocycles. The summed E-state index contributed by atoms with van der Waals surface area (Å²) in [5, 5.41) is 10.5. The van der Waals surface area contributed by atoms with E-state index in [1.54, 1.807) is 6.07 Å². The Morgan fingerprint density at radius 2 is 2.00 bits per heavy atom. The summed E-state index contributed by atoms with van der Waals surface area (Å²) in [4.78, 5) is 10.1. The van der Waals surface area contributed by atoms with Crippen molar-refractivity contribution >= 4 is 31.8 Å². The van der Waals surface area contributed by atoms with Crippen molar-refractivity contribution in [3.63, 3.8) is 0 Å². The standard InChI is InChI=1S/C7H4NO4.Sn/c9-8(10)5-1-2-6-7(3-5)12-4-11-6;/h2-3H,4H2;. The van der Waals surface area contributed by atoms with Crippen LogP contribution in [0.3, 0.4) is 0 Å². The Hall–Kier alpha value is -0.981. The first-order valence-electron chi connectivity index (χ1n) is 3.48. The molecule has 0 fully saturated rings. The average Bonchev–Trinajstić information content (AvgIpc) is 2.48. The zero-order valence-corrected chi connectivity index (χ0v) is 9.30. The van der Waals surface area contributed by atoms with Gasteiger partial charge in [-0.05, 0) is 0 Å². The van der Waals surface area contributed by atoms with Crippen molar-refractivity contribution in [2.45, 2.75) is 0 Å². The van der Waals surface area contributed by atoms with Crippen LogP contribution in [0.1, 0.15) is 0 Å². The Morgan fingerprint density at radius 3 is 2.62 bits per heavy atom. The molecule has 1 aromatic rings. The fourth-order valence-electron chi connectivity index (χ4n) is 1.08. The zero-order chi connectivity index (χ0) is 9.42. The van der Waals surface area contributed by atoms with E-state index in [2.05, 4.69) is 0 Å². The maximum atomic E-state index is 10.5. The van der Waals surface area contributed by atoms with E-state index in [-0.39, 0.29) is 12.5 Å². The number of rotatable bonds is 1. The molecule has 1 aliphatic heterocycles. The molecule has 0 bridgehead atoms. The van der Waals surface area contributed by atoms with Crippen LogP contribution in [-0.4, -0.2) is 34.2 Å².